The summed E-state index contributed by atoms with van der Waals surface area (Å²) in [4.78, 5) is 22.7. The Morgan fingerprint density at radius 1 is 1.00 bits per heavy atom. The largest absolute Gasteiger partial charge is 0.469 e. The predicted molar refractivity (Wildman–Crippen MR) is 75.4 cm³/mol. The van der Waals surface area contributed by atoms with Gasteiger partial charge in [0.05, 0.1) is 32.7 Å². The summed E-state index contributed by atoms with van der Waals surface area (Å²) in [5, 5.41) is 8.14. The fourth-order valence-corrected chi connectivity index (χ4v) is 1.42. The average Bonchev–Trinajstić information content (AvgIpc) is 2.40. The molecule has 0 fully saturated rings. The zero-order valence-corrected chi connectivity index (χ0v) is 13.4. The molecule has 0 spiro atoms. The monoisotopic (exact) mass is 286 g/mol. The number of esters is 2. The quantitative estimate of drug-likeness (QED) is 0.390. The van der Waals surface area contributed by atoms with Crippen molar-refractivity contribution >= 4 is 11.9 Å². The van der Waals surface area contributed by atoms with Crippen LogP contribution < -0.4 is 0 Å². The first kappa shape index (κ1) is 18.5. The van der Waals surface area contributed by atoms with Gasteiger partial charge in [-0.2, -0.15) is 10.2 Å². The highest BCUT2D eigenvalue weighted by atomic mass is 16.5. The van der Waals surface area contributed by atoms with Crippen LogP contribution in [0.3, 0.4) is 0 Å². The zero-order valence-electron chi connectivity index (χ0n) is 13.4. The second kappa shape index (κ2) is 7.97. The summed E-state index contributed by atoms with van der Waals surface area (Å²) in [5.74, 6) is -0.504. The third-order valence-corrected chi connectivity index (χ3v) is 3.82. The van der Waals surface area contributed by atoms with Crippen molar-refractivity contribution in [1.82, 2.24) is 0 Å². The Labute approximate surface area is 120 Å². The Morgan fingerprint density at radius 2 is 1.60 bits per heavy atom. The van der Waals surface area contributed by atoms with Gasteiger partial charge in [0.2, 0.25) is 0 Å². The fourth-order valence-electron chi connectivity index (χ4n) is 1.42. The van der Waals surface area contributed by atoms with Crippen molar-refractivity contribution in [2.45, 2.75) is 40.5 Å². The first-order valence-corrected chi connectivity index (χ1v) is 6.67. The third-order valence-electron chi connectivity index (χ3n) is 3.82. The topological polar surface area (TPSA) is 77.3 Å². The molecule has 0 rings (SSSR count). The van der Waals surface area contributed by atoms with Crippen LogP contribution >= 0.6 is 0 Å². The molecule has 0 amide bonds. The highest BCUT2D eigenvalue weighted by molar-refractivity contribution is 5.76. The molecule has 0 N–H and O–H groups in total. The molecule has 0 unspecified atom stereocenters. The minimum absolute atomic E-state index is 0.243. The standard InChI is InChI=1S/C14H26N2O4/c1-13(2,14(3,4)12(18)20-6)10-16-15-9-7-8-11(17)19-5/h7-10H2,1-6H3. The van der Waals surface area contributed by atoms with E-state index in [0.29, 0.717) is 25.9 Å². The van der Waals surface area contributed by atoms with E-state index in [-0.39, 0.29) is 17.4 Å². The Hall–Kier alpha value is -1.46. The van der Waals surface area contributed by atoms with E-state index in [9.17, 15) is 9.59 Å². The molecule has 0 aromatic carbocycles. The van der Waals surface area contributed by atoms with Crippen LogP contribution in [-0.2, 0) is 19.1 Å². The molecule has 0 saturated heterocycles. The Morgan fingerprint density at radius 3 is 2.10 bits per heavy atom. The number of nitrogens with zero attached hydrogens (tertiary/aromatic N) is 2. The van der Waals surface area contributed by atoms with Crippen LogP contribution in [0.15, 0.2) is 10.2 Å². The number of hydrogen-bond donors (Lipinski definition) is 0. The number of carbonyl (C=O) groups is 2. The molecule has 0 radical (unpaired) electrons. The lowest BCUT2D eigenvalue weighted by atomic mass is 9.68. The minimum Gasteiger partial charge on any atom is -0.469 e. The van der Waals surface area contributed by atoms with Gasteiger partial charge in [-0.3, -0.25) is 9.59 Å². The van der Waals surface area contributed by atoms with Crippen LogP contribution in [0.25, 0.3) is 0 Å². The van der Waals surface area contributed by atoms with Crippen molar-refractivity contribution < 1.29 is 19.1 Å². The fraction of sp³-hybridized carbons (Fsp3) is 0.857. The van der Waals surface area contributed by atoms with E-state index >= 15 is 0 Å². The van der Waals surface area contributed by atoms with Gasteiger partial charge in [-0.1, -0.05) is 13.8 Å². The second-order valence-electron chi connectivity index (χ2n) is 5.84. The van der Waals surface area contributed by atoms with E-state index in [1.54, 1.807) is 0 Å². The van der Waals surface area contributed by atoms with Crippen LogP contribution in [0.5, 0.6) is 0 Å². The van der Waals surface area contributed by atoms with E-state index in [1.807, 2.05) is 27.7 Å². The van der Waals surface area contributed by atoms with Gasteiger partial charge in [0, 0.05) is 11.8 Å². The number of methoxy groups -OCH3 is 2. The maximum atomic E-state index is 11.8. The van der Waals surface area contributed by atoms with Crippen LogP contribution in [0.2, 0.25) is 0 Å². The van der Waals surface area contributed by atoms with Crippen LogP contribution in [0.4, 0.5) is 0 Å². The van der Waals surface area contributed by atoms with Crippen molar-refractivity contribution in [2.75, 3.05) is 27.3 Å². The molecular formula is C14H26N2O4. The summed E-state index contributed by atoms with van der Waals surface area (Å²) < 4.78 is 9.35. The van der Waals surface area contributed by atoms with Gasteiger partial charge in [-0.15, -0.1) is 0 Å². The molecule has 0 aliphatic rings. The summed E-state index contributed by atoms with van der Waals surface area (Å²) in [6, 6.07) is 0. The Balaban J connectivity index is 4.28. The lowest BCUT2D eigenvalue weighted by Crippen LogP contribution is -2.42. The normalized spacial score (nSPS) is 12.5. The lowest BCUT2D eigenvalue weighted by molar-refractivity contribution is -0.157. The molecule has 20 heavy (non-hydrogen) atoms. The second-order valence-corrected chi connectivity index (χ2v) is 5.84. The maximum Gasteiger partial charge on any atom is 0.311 e. The van der Waals surface area contributed by atoms with E-state index in [0.717, 1.165) is 0 Å². The van der Waals surface area contributed by atoms with Gasteiger partial charge in [-0.25, -0.2) is 0 Å². The van der Waals surface area contributed by atoms with Crippen molar-refractivity contribution in [2.24, 2.45) is 21.1 Å². The SMILES string of the molecule is COC(=O)CCCN=NCC(C)(C)C(C)(C)C(=O)OC. The van der Waals surface area contributed by atoms with Gasteiger partial charge in [0.1, 0.15) is 0 Å². The summed E-state index contributed by atoms with van der Waals surface area (Å²) in [5.41, 5.74) is -1.02. The molecule has 6 heteroatoms. The van der Waals surface area contributed by atoms with Crippen molar-refractivity contribution in [3.05, 3.63) is 0 Å². The van der Waals surface area contributed by atoms with Crippen molar-refractivity contribution in [1.29, 1.82) is 0 Å². The molecule has 0 atom stereocenters. The Bertz CT molecular complexity index is 362. The van der Waals surface area contributed by atoms with Crippen LogP contribution in [0, 0.1) is 10.8 Å². The summed E-state index contributed by atoms with van der Waals surface area (Å²) in [6.07, 6.45) is 0.948. The summed E-state index contributed by atoms with van der Waals surface area (Å²) >= 11 is 0. The zero-order chi connectivity index (χ0) is 15.8. The molecule has 6 nitrogen and oxygen atoms in total. The predicted octanol–water partition coefficient (Wildman–Crippen LogP) is 2.62. The molecule has 0 aliphatic heterocycles. The molecule has 0 aromatic heterocycles. The smallest absolute Gasteiger partial charge is 0.311 e. The van der Waals surface area contributed by atoms with E-state index in [2.05, 4.69) is 15.0 Å². The van der Waals surface area contributed by atoms with Gasteiger partial charge >= 0.3 is 11.9 Å². The highest BCUT2D eigenvalue weighted by Gasteiger charge is 2.44. The summed E-state index contributed by atoms with van der Waals surface area (Å²) in [6.45, 7) is 8.49. The van der Waals surface area contributed by atoms with E-state index in [1.165, 1.54) is 14.2 Å². The minimum atomic E-state index is -0.646. The number of azo groups is 1. The average molecular weight is 286 g/mol. The maximum absolute atomic E-state index is 11.8. The number of hydrogen-bond acceptors (Lipinski definition) is 6. The van der Waals surface area contributed by atoms with Gasteiger partial charge < -0.3 is 9.47 Å². The highest BCUT2D eigenvalue weighted by Crippen LogP contribution is 2.39. The number of ether oxygens (including phenoxy) is 2. The van der Waals surface area contributed by atoms with E-state index in [4.69, 9.17) is 4.74 Å². The molecule has 0 aliphatic carbocycles. The molecular weight excluding hydrogens is 260 g/mol. The Kier molecular flexibility index (Phi) is 7.39. The summed E-state index contributed by atoms with van der Waals surface area (Å²) in [7, 11) is 2.75. The molecule has 0 bridgehead atoms. The van der Waals surface area contributed by atoms with E-state index < -0.39 is 5.41 Å². The van der Waals surface area contributed by atoms with Gasteiger partial charge in [0.15, 0.2) is 0 Å². The van der Waals surface area contributed by atoms with Crippen LogP contribution in [0.1, 0.15) is 40.5 Å². The lowest BCUT2D eigenvalue weighted by Gasteiger charge is -2.37. The van der Waals surface area contributed by atoms with Gasteiger partial charge in [0.25, 0.3) is 0 Å². The van der Waals surface area contributed by atoms with Crippen molar-refractivity contribution in [3.63, 3.8) is 0 Å². The van der Waals surface area contributed by atoms with Gasteiger partial charge in [-0.05, 0) is 20.3 Å². The first-order chi connectivity index (χ1) is 9.19. The molecule has 116 valence electrons. The number of rotatable bonds is 8. The molecule has 0 saturated carbocycles. The third kappa shape index (κ3) is 5.27. The van der Waals surface area contributed by atoms with Crippen molar-refractivity contribution in [3.8, 4) is 0 Å². The number of carbonyl (C=O) groups excluding carboxylic acids is 2. The van der Waals surface area contributed by atoms with Crippen LogP contribution in [-0.4, -0.2) is 39.2 Å². The first-order valence-electron chi connectivity index (χ1n) is 6.67. The molecule has 0 heterocycles. The molecule has 0 aromatic rings.